The van der Waals surface area contributed by atoms with Crippen LogP contribution in [0.5, 0.6) is 0 Å². The molecule has 0 aliphatic carbocycles. The van der Waals surface area contributed by atoms with Gasteiger partial charge in [-0.25, -0.2) is 9.78 Å². The second kappa shape index (κ2) is 7.30. The molecule has 3 aromatic rings. The topological polar surface area (TPSA) is 98.7 Å². The van der Waals surface area contributed by atoms with E-state index in [1.54, 1.807) is 31.2 Å². The third-order valence-electron chi connectivity index (χ3n) is 4.80. The van der Waals surface area contributed by atoms with E-state index in [1.165, 1.54) is 6.07 Å². The first kappa shape index (κ1) is 18.0. The Morgan fingerprint density at radius 1 is 1.25 bits per heavy atom. The highest BCUT2D eigenvalue weighted by molar-refractivity contribution is 5.91. The molecule has 28 heavy (non-hydrogen) atoms. The van der Waals surface area contributed by atoms with Crippen LogP contribution in [0.3, 0.4) is 0 Å². The summed E-state index contributed by atoms with van der Waals surface area (Å²) in [6.07, 6.45) is 1.28. The fraction of sp³-hybridized carbons (Fsp3) is 0.300. The summed E-state index contributed by atoms with van der Waals surface area (Å²) in [7, 11) is 0. The molecule has 1 unspecified atom stereocenters. The number of ether oxygens (including phenoxy) is 1. The summed E-state index contributed by atoms with van der Waals surface area (Å²) in [5.74, 6) is -0.386. The Labute approximate surface area is 160 Å². The van der Waals surface area contributed by atoms with Crippen molar-refractivity contribution in [2.45, 2.75) is 25.9 Å². The molecular weight excluding hydrogens is 362 g/mol. The van der Waals surface area contributed by atoms with E-state index in [0.717, 1.165) is 25.9 Å². The molecule has 2 heterocycles. The van der Waals surface area contributed by atoms with Crippen LogP contribution in [0.15, 0.2) is 46.9 Å². The van der Waals surface area contributed by atoms with Gasteiger partial charge in [0, 0.05) is 19.2 Å². The van der Waals surface area contributed by atoms with Crippen LogP contribution in [0.25, 0.3) is 11.1 Å². The number of anilines is 1. The molecule has 0 bridgehead atoms. The quantitative estimate of drug-likeness (QED) is 0.370. The number of nitrogens with zero attached hydrogens (tertiary/aromatic N) is 3. The minimum Gasteiger partial charge on any atom is -0.449 e. The number of carbonyl (C=O) groups is 1. The number of carbonyl (C=O) groups excluding carboxylic acids is 1. The van der Waals surface area contributed by atoms with Gasteiger partial charge >= 0.3 is 5.97 Å². The minimum absolute atomic E-state index is 0.0918. The first-order chi connectivity index (χ1) is 13.5. The Balaban J connectivity index is 1.55. The number of para-hydroxylation sites is 2. The van der Waals surface area contributed by atoms with Gasteiger partial charge in [-0.3, -0.25) is 10.1 Å². The summed E-state index contributed by atoms with van der Waals surface area (Å²) < 4.78 is 11.0. The molecule has 1 atom stereocenters. The summed E-state index contributed by atoms with van der Waals surface area (Å²) in [6.45, 7) is 3.20. The Morgan fingerprint density at radius 2 is 2.00 bits per heavy atom. The highest BCUT2D eigenvalue weighted by Gasteiger charge is 2.25. The Bertz CT molecular complexity index is 1010. The van der Waals surface area contributed by atoms with Crippen LogP contribution in [-0.4, -0.2) is 29.0 Å². The van der Waals surface area contributed by atoms with Gasteiger partial charge in [-0.2, -0.15) is 0 Å². The lowest BCUT2D eigenvalue weighted by Gasteiger charge is -2.18. The van der Waals surface area contributed by atoms with Gasteiger partial charge in [-0.05, 0) is 44.0 Å². The minimum atomic E-state index is -0.725. The number of fused-ring (bicyclic) bond motifs is 1. The normalized spacial score (nSPS) is 15.0. The maximum atomic E-state index is 12.5. The Hall–Kier alpha value is -3.42. The van der Waals surface area contributed by atoms with Gasteiger partial charge in [0.2, 0.25) is 5.89 Å². The number of rotatable bonds is 5. The molecule has 8 nitrogen and oxygen atoms in total. The van der Waals surface area contributed by atoms with Crippen LogP contribution in [0.2, 0.25) is 0 Å². The predicted octanol–water partition coefficient (Wildman–Crippen LogP) is 4.25. The van der Waals surface area contributed by atoms with E-state index in [2.05, 4.69) is 4.98 Å². The molecule has 1 fully saturated rings. The third kappa shape index (κ3) is 3.40. The average Bonchev–Trinajstić information content (AvgIpc) is 3.37. The van der Waals surface area contributed by atoms with E-state index in [4.69, 9.17) is 9.15 Å². The van der Waals surface area contributed by atoms with Crippen molar-refractivity contribution < 1.29 is 18.9 Å². The predicted molar refractivity (Wildman–Crippen MR) is 102 cm³/mol. The molecule has 1 aliphatic heterocycles. The molecule has 1 aromatic heterocycles. The Kier molecular flexibility index (Phi) is 4.68. The number of hydrogen-bond acceptors (Lipinski definition) is 7. The maximum absolute atomic E-state index is 12.5. The van der Waals surface area contributed by atoms with Gasteiger partial charge in [0.25, 0.3) is 5.69 Å². The van der Waals surface area contributed by atoms with Crippen molar-refractivity contribution in [3.05, 3.63) is 64.0 Å². The van der Waals surface area contributed by atoms with Crippen molar-refractivity contribution in [1.82, 2.24) is 4.98 Å². The van der Waals surface area contributed by atoms with Gasteiger partial charge < -0.3 is 14.1 Å². The van der Waals surface area contributed by atoms with Gasteiger partial charge in [0.15, 0.2) is 11.7 Å². The monoisotopic (exact) mass is 381 g/mol. The van der Waals surface area contributed by atoms with E-state index >= 15 is 0 Å². The fourth-order valence-electron chi connectivity index (χ4n) is 3.37. The van der Waals surface area contributed by atoms with E-state index in [-0.39, 0.29) is 17.1 Å². The van der Waals surface area contributed by atoms with E-state index < -0.39 is 17.0 Å². The first-order valence-corrected chi connectivity index (χ1v) is 9.13. The lowest BCUT2D eigenvalue weighted by atomic mass is 10.1. The van der Waals surface area contributed by atoms with Crippen LogP contribution >= 0.6 is 0 Å². The van der Waals surface area contributed by atoms with Crippen molar-refractivity contribution in [1.29, 1.82) is 0 Å². The molecule has 4 rings (SSSR count). The van der Waals surface area contributed by atoms with E-state index in [0.29, 0.717) is 16.8 Å². The second-order valence-corrected chi connectivity index (χ2v) is 6.72. The molecular formula is C20H19N3O5. The zero-order valence-electron chi connectivity index (χ0n) is 15.3. The van der Waals surface area contributed by atoms with Crippen molar-refractivity contribution >= 4 is 28.4 Å². The number of benzene rings is 2. The van der Waals surface area contributed by atoms with Gasteiger partial charge in [-0.1, -0.05) is 12.1 Å². The number of hydrogen-bond donors (Lipinski definition) is 0. The number of nitro groups is 1. The highest BCUT2D eigenvalue weighted by Crippen LogP contribution is 2.32. The van der Waals surface area contributed by atoms with Crippen LogP contribution in [0.1, 0.15) is 42.1 Å². The lowest BCUT2D eigenvalue weighted by Crippen LogP contribution is -2.19. The molecule has 0 amide bonds. The average molecular weight is 381 g/mol. The van der Waals surface area contributed by atoms with Crippen molar-refractivity contribution in [3.8, 4) is 0 Å². The summed E-state index contributed by atoms with van der Waals surface area (Å²) in [5.41, 5.74) is 1.84. The Morgan fingerprint density at radius 3 is 2.71 bits per heavy atom. The van der Waals surface area contributed by atoms with Crippen LogP contribution in [0.4, 0.5) is 11.4 Å². The molecule has 0 spiro atoms. The summed E-state index contributed by atoms with van der Waals surface area (Å²) in [5, 5.41) is 11.5. The molecule has 144 valence electrons. The first-order valence-electron chi connectivity index (χ1n) is 9.13. The van der Waals surface area contributed by atoms with E-state index in [1.807, 2.05) is 17.0 Å². The highest BCUT2D eigenvalue weighted by atomic mass is 16.6. The molecule has 2 aromatic carbocycles. The van der Waals surface area contributed by atoms with Crippen molar-refractivity contribution in [3.63, 3.8) is 0 Å². The summed E-state index contributed by atoms with van der Waals surface area (Å²) in [6, 6.07) is 11.7. The smallest absolute Gasteiger partial charge is 0.339 e. The van der Waals surface area contributed by atoms with E-state index in [9.17, 15) is 14.9 Å². The number of nitro benzene ring substituents is 1. The number of esters is 1. The van der Waals surface area contributed by atoms with Crippen molar-refractivity contribution in [2.24, 2.45) is 0 Å². The molecule has 1 aliphatic rings. The summed E-state index contributed by atoms with van der Waals surface area (Å²) in [4.78, 5) is 29.8. The summed E-state index contributed by atoms with van der Waals surface area (Å²) >= 11 is 0. The number of aromatic nitrogens is 1. The molecule has 0 N–H and O–H groups in total. The SMILES string of the molecule is CC(OC(=O)c1ccc(N2CCCC2)c([N+](=O)[O-])c1)c1nc2ccccc2o1. The molecule has 0 saturated carbocycles. The second-order valence-electron chi connectivity index (χ2n) is 6.72. The number of oxazole rings is 1. The largest absolute Gasteiger partial charge is 0.449 e. The molecule has 0 radical (unpaired) electrons. The van der Waals surface area contributed by atoms with Crippen LogP contribution < -0.4 is 4.90 Å². The maximum Gasteiger partial charge on any atom is 0.339 e. The van der Waals surface area contributed by atoms with Crippen molar-refractivity contribution in [2.75, 3.05) is 18.0 Å². The fourth-order valence-corrected chi connectivity index (χ4v) is 3.37. The third-order valence-corrected chi connectivity index (χ3v) is 4.80. The molecule has 8 heteroatoms. The zero-order chi connectivity index (χ0) is 19.7. The van der Waals surface area contributed by atoms with Crippen LogP contribution in [0, 0.1) is 10.1 Å². The standard InChI is InChI=1S/C20H19N3O5/c1-13(19-21-15-6-2-3-7-18(15)28-19)27-20(24)14-8-9-16(17(12-14)23(25)26)22-10-4-5-11-22/h2-3,6-9,12-13H,4-5,10-11H2,1H3. The van der Waals surface area contributed by atoms with Crippen LogP contribution in [-0.2, 0) is 4.74 Å². The zero-order valence-corrected chi connectivity index (χ0v) is 15.3. The van der Waals surface area contributed by atoms with Gasteiger partial charge in [0.05, 0.1) is 10.5 Å². The lowest BCUT2D eigenvalue weighted by molar-refractivity contribution is -0.384. The van der Waals surface area contributed by atoms with Gasteiger partial charge in [0.1, 0.15) is 11.2 Å². The van der Waals surface area contributed by atoms with Gasteiger partial charge in [-0.15, -0.1) is 0 Å². The molecule has 1 saturated heterocycles.